The molecule has 1 aromatic carbocycles. The summed E-state index contributed by atoms with van der Waals surface area (Å²) in [5.41, 5.74) is 1.10. The Bertz CT molecular complexity index is 568. The molecular formula is C17H25NO4. The molecule has 22 heavy (non-hydrogen) atoms. The molecule has 0 bridgehead atoms. The van der Waals surface area contributed by atoms with Crippen molar-refractivity contribution in [2.24, 2.45) is 0 Å². The number of carbonyl (C=O) groups is 1. The van der Waals surface area contributed by atoms with Crippen molar-refractivity contribution in [1.29, 1.82) is 0 Å². The van der Waals surface area contributed by atoms with Crippen molar-refractivity contribution in [2.45, 2.75) is 51.4 Å². The number of rotatable bonds is 4. The molecule has 0 amide bonds. The van der Waals surface area contributed by atoms with Gasteiger partial charge in [-0.15, -0.1) is 0 Å². The number of carboxylic acid groups (broad SMARTS) is 1. The van der Waals surface area contributed by atoms with Crippen LogP contribution in [0.5, 0.6) is 5.75 Å². The normalized spacial score (nSPS) is 23.3. The number of aliphatic carboxylic acids is 1. The van der Waals surface area contributed by atoms with Gasteiger partial charge in [0.1, 0.15) is 17.5 Å². The number of fused-ring (bicyclic) bond motifs is 1. The number of carboxylic acids is 1. The van der Waals surface area contributed by atoms with E-state index in [9.17, 15) is 9.90 Å². The van der Waals surface area contributed by atoms with E-state index in [0.717, 1.165) is 16.9 Å². The summed E-state index contributed by atoms with van der Waals surface area (Å²) >= 11 is 0. The van der Waals surface area contributed by atoms with Crippen LogP contribution >= 0.6 is 0 Å². The molecule has 0 aliphatic carbocycles. The predicted molar refractivity (Wildman–Crippen MR) is 84.3 cm³/mol. The third-order valence-corrected chi connectivity index (χ3v) is 4.25. The van der Waals surface area contributed by atoms with Crippen LogP contribution in [0.3, 0.4) is 0 Å². The number of aliphatic hydroxyl groups excluding tert-OH is 1. The number of likely N-dealkylation sites (N-methyl/N-ethyl adjacent to an activating group) is 1. The third kappa shape index (κ3) is 2.96. The lowest BCUT2D eigenvalue weighted by Crippen LogP contribution is -2.57. The van der Waals surface area contributed by atoms with Crippen LogP contribution in [-0.2, 0) is 4.79 Å². The molecule has 1 heterocycles. The molecule has 0 fully saturated rings. The van der Waals surface area contributed by atoms with E-state index < -0.39 is 23.7 Å². The molecule has 0 saturated heterocycles. The molecule has 2 N–H and O–H groups in total. The Morgan fingerprint density at radius 1 is 1.41 bits per heavy atom. The summed E-state index contributed by atoms with van der Waals surface area (Å²) in [5.74, 6) is 0.0912. The summed E-state index contributed by atoms with van der Waals surface area (Å²) in [6.45, 7) is 7.80. The Balaban J connectivity index is 2.47. The van der Waals surface area contributed by atoms with Crippen LogP contribution in [0.15, 0.2) is 18.2 Å². The van der Waals surface area contributed by atoms with Crippen LogP contribution in [0.2, 0.25) is 0 Å². The molecule has 122 valence electrons. The van der Waals surface area contributed by atoms with Gasteiger partial charge in [0, 0.05) is 5.56 Å². The zero-order valence-corrected chi connectivity index (χ0v) is 13.8. The molecule has 2 rings (SSSR count). The monoisotopic (exact) mass is 307 g/mol. The van der Waals surface area contributed by atoms with Crippen molar-refractivity contribution in [1.82, 2.24) is 4.90 Å². The zero-order chi connectivity index (χ0) is 16.7. The number of ether oxygens (including phenoxy) is 1. The van der Waals surface area contributed by atoms with Gasteiger partial charge in [-0.1, -0.05) is 32.0 Å². The second-order valence-electron chi connectivity index (χ2n) is 6.82. The van der Waals surface area contributed by atoms with Crippen LogP contribution in [0.25, 0.3) is 0 Å². The average Bonchev–Trinajstić information content (AvgIpc) is 2.35. The number of nitrogens with zero attached hydrogens (tertiary/aromatic N) is 1. The summed E-state index contributed by atoms with van der Waals surface area (Å²) in [4.78, 5) is 12.6. The smallest absolute Gasteiger partial charge is 0.317 e. The van der Waals surface area contributed by atoms with Gasteiger partial charge in [0.15, 0.2) is 0 Å². The SMILES string of the molecule is CC(C)c1cccc2c1OC(C)(C)C(N(C)CC(=O)O)C2O. The highest BCUT2D eigenvalue weighted by molar-refractivity contribution is 5.69. The standard InChI is InChI=1S/C17H25NO4/c1-10(2)11-7-6-8-12-14(21)16(18(5)9-13(19)20)17(3,4)22-15(11)12/h6-8,10,14,16,21H,9H2,1-5H3,(H,19,20). The number of para-hydroxylation sites is 1. The lowest BCUT2D eigenvalue weighted by atomic mass is 9.83. The van der Waals surface area contributed by atoms with Crippen LogP contribution in [-0.4, -0.2) is 46.3 Å². The van der Waals surface area contributed by atoms with Crippen LogP contribution in [0, 0.1) is 0 Å². The molecular weight excluding hydrogens is 282 g/mol. The van der Waals surface area contributed by atoms with Gasteiger partial charge < -0.3 is 14.9 Å². The highest BCUT2D eigenvalue weighted by atomic mass is 16.5. The van der Waals surface area contributed by atoms with Crippen molar-refractivity contribution in [3.05, 3.63) is 29.3 Å². The van der Waals surface area contributed by atoms with E-state index in [4.69, 9.17) is 9.84 Å². The molecule has 0 radical (unpaired) electrons. The summed E-state index contributed by atoms with van der Waals surface area (Å²) in [6, 6.07) is 5.34. The highest BCUT2D eigenvalue weighted by Crippen LogP contribution is 2.45. The topological polar surface area (TPSA) is 70.0 Å². The molecule has 1 aliphatic heterocycles. The highest BCUT2D eigenvalue weighted by Gasteiger charge is 2.46. The van der Waals surface area contributed by atoms with Gasteiger partial charge in [0.05, 0.1) is 12.6 Å². The summed E-state index contributed by atoms with van der Waals surface area (Å²) in [7, 11) is 1.70. The maximum atomic E-state index is 11.0. The minimum Gasteiger partial charge on any atom is -0.485 e. The molecule has 5 heteroatoms. The minimum absolute atomic E-state index is 0.145. The fraction of sp³-hybridized carbons (Fsp3) is 0.588. The average molecular weight is 307 g/mol. The van der Waals surface area contributed by atoms with Crippen molar-refractivity contribution in [3.63, 3.8) is 0 Å². The van der Waals surface area contributed by atoms with Gasteiger partial charge in [-0.2, -0.15) is 0 Å². The first-order chi connectivity index (χ1) is 10.1. The van der Waals surface area contributed by atoms with Gasteiger partial charge >= 0.3 is 5.97 Å². The summed E-state index contributed by atoms with van der Waals surface area (Å²) in [6.07, 6.45) is -0.790. The Morgan fingerprint density at radius 2 is 2.05 bits per heavy atom. The maximum Gasteiger partial charge on any atom is 0.317 e. The quantitative estimate of drug-likeness (QED) is 0.894. The summed E-state index contributed by atoms with van der Waals surface area (Å²) in [5, 5.41) is 19.9. The zero-order valence-electron chi connectivity index (χ0n) is 13.8. The Kier molecular flexibility index (Phi) is 4.49. The molecule has 2 atom stereocenters. The van der Waals surface area contributed by atoms with Gasteiger partial charge in [-0.05, 0) is 32.4 Å². The second kappa shape index (κ2) is 5.89. The van der Waals surface area contributed by atoms with E-state index in [1.54, 1.807) is 11.9 Å². The first-order valence-corrected chi connectivity index (χ1v) is 7.57. The van der Waals surface area contributed by atoms with Gasteiger partial charge in [0.25, 0.3) is 0 Å². The predicted octanol–water partition coefficient (Wildman–Crippen LogP) is 2.40. The maximum absolute atomic E-state index is 11.0. The van der Waals surface area contributed by atoms with Crippen molar-refractivity contribution in [2.75, 3.05) is 13.6 Å². The van der Waals surface area contributed by atoms with Crippen molar-refractivity contribution in [3.8, 4) is 5.75 Å². The van der Waals surface area contributed by atoms with E-state index >= 15 is 0 Å². The molecule has 0 aromatic heterocycles. The Labute approximate surface area is 131 Å². The lowest BCUT2D eigenvalue weighted by Gasteiger charge is -2.47. The fourth-order valence-corrected chi connectivity index (χ4v) is 3.34. The lowest BCUT2D eigenvalue weighted by molar-refractivity contribution is -0.142. The number of hydrogen-bond donors (Lipinski definition) is 2. The van der Waals surface area contributed by atoms with Crippen LogP contribution in [0.4, 0.5) is 0 Å². The van der Waals surface area contributed by atoms with Gasteiger partial charge in [0.2, 0.25) is 0 Å². The summed E-state index contributed by atoms with van der Waals surface area (Å²) < 4.78 is 6.20. The number of aliphatic hydroxyl groups is 1. The first-order valence-electron chi connectivity index (χ1n) is 7.57. The first kappa shape index (κ1) is 16.8. The van der Waals surface area contributed by atoms with Crippen molar-refractivity contribution >= 4 is 5.97 Å². The third-order valence-electron chi connectivity index (χ3n) is 4.25. The van der Waals surface area contributed by atoms with Gasteiger partial charge in [-0.3, -0.25) is 9.69 Å². The molecule has 1 aliphatic rings. The van der Waals surface area contributed by atoms with Crippen LogP contribution < -0.4 is 4.74 Å². The Hall–Kier alpha value is -1.59. The van der Waals surface area contributed by atoms with Crippen molar-refractivity contribution < 1.29 is 19.7 Å². The minimum atomic E-state index is -0.924. The molecule has 2 unspecified atom stereocenters. The second-order valence-corrected chi connectivity index (χ2v) is 6.82. The van der Waals surface area contributed by atoms with E-state index in [1.807, 2.05) is 32.0 Å². The van der Waals surface area contributed by atoms with E-state index in [1.165, 1.54) is 0 Å². The largest absolute Gasteiger partial charge is 0.485 e. The number of benzene rings is 1. The van der Waals surface area contributed by atoms with E-state index in [-0.39, 0.29) is 12.5 Å². The molecule has 0 spiro atoms. The fourth-order valence-electron chi connectivity index (χ4n) is 3.34. The molecule has 5 nitrogen and oxygen atoms in total. The van der Waals surface area contributed by atoms with E-state index in [0.29, 0.717) is 0 Å². The van der Waals surface area contributed by atoms with E-state index in [2.05, 4.69) is 13.8 Å². The Morgan fingerprint density at radius 3 is 2.59 bits per heavy atom. The molecule has 1 aromatic rings. The number of hydrogen-bond acceptors (Lipinski definition) is 4. The molecule has 0 saturated carbocycles. The van der Waals surface area contributed by atoms with Gasteiger partial charge in [-0.25, -0.2) is 0 Å². The van der Waals surface area contributed by atoms with Crippen LogP contribution in [0.1, 0.15) is 50.8 Å².